The minimum Gasteiger partial charge on any atom is -0.385 e. The average Bonchev–Trinajstić information content (AvgIpc) is 2.23. The van der Waals surface area contributed by atoms with Gasteiger partial charge in [0, 0.05) is 36.0 Å². The maximum Gasteiger partial charge on any atom is 0.170 e. The van der Waals surface area contributed by atoms with E-state index in [1.165, 1.54) is 0 Å². The van der Waals surface area contributed by atoms with Gasteiger partial charge in [-0.15, -0.1) is 0 Å². The predicted octanol–water partition coefficient (Wildman–Crippen LogP) is 3.32. The number of halogens is 2. The van der Waals surface area contributed by atoms with E-state index in [0.29, 0.717) is 21.8 Å². The number of hydrogen-bond donors (Lipinski definition) is 2. The lowest BCUT2D eigenvalue weighted by atomic mass is 10.3. The van der Waals surface area contributed by atoms with Gasteiger partial charge < -0.3 is 15.4 Å². The van der Waals surface area contributed by atoms with Crippen LogP contribution in [-0.4, -0.2) is 25.4 Å². The van der Waals surface area contributed by atoms with Crippen molar-refractivity contribution in [3.63, 3.8) is 0 Å². The first-order valence-corrected chi connectivity index (χ1v) is 6.28. The van der Waals surface area contributed by atoms with Crippen LogP contribution in [0.1, 0.15) is 6.42 Å². The number of thiocarbonyl (C=S) groups is 1. The molecule has 0 aromatic heterocycles. The third-order valence-electron chi connectivity index (χ3n) is 1.93. The highest BCUT2D eigenvalue weighted by atomic mass is 35.5. The van der Waals surface area contributed by atoms with Gasteiger partial charge in [-0.05, 0) is 36.8 Å². The Morgan fingerprint density at radius 3 is 2.53 bits per heavy atom. The molecule has 0 aliphatic carbocycles. The molecule has 1 rings (SSSR count). The van der Waals surface area contributed by atoms with Gasteiger partial charge >= 0.3 is 0 Å². The van der Waals surface area contributed by atoms with Crippen molar-refractivity contribution in [3.8, 4) is 0 Å². The molecule has 2 N–H and O–H groups in total. The molecule has 0 bridgehead atoms. The SMILES string of the molecule is COCCCNC(=S)Nc1cc(Cl)cc(Cl)c1. The van der Waals surface area contributed by atoms with Gasteiger partial charge in [-0.1, -0.05) is 23.2 Å². The van der Waals surface area contributed by atoms with Gasteiger partial charge in [-0.2, -0.15) is 0 Å². The second-order valence-electron chi connectivity index (χ2n) is 3.39. The molecule has 0 fully saturated rings. The van der Waals surface area contributed by atoms with E-state index in [9.17, 15) is 0 Å². The van der Waals surface area contributed by atoms with Crippen molar-refractivity contribution in [2.45, 2.75) is 6.42 Å². The summed E-state index contributed by atoms with van der Waals surface area (Å²) in [6.07, 6.45) is 0.897. The van der Waals surface area contributed by atoms with Gasteiger partial charge in [0.15, 0.2) is 5.11 Å². The van der Waals surface area contributed by atoms with Gasteiger partial charge in [0.1, 0.15) is 0 Å². The fourth-order valence-electron chi connectivity index (χ4n) is 1.22. The van der Waals surface area contributed by atoms with E-state index in [4.69, 9.17) is 40.2 Å². The molecular formula is C11H14Cl2N2OS. The lowest BCUT2D eigenvalue weighted by Gasteiger charge is -2.10. The van der Waals surface area contributed by atoms with Crippen molar-refractivity contribution < 1.29 is 4.74 Å². The minimum atomic E-state index is 0.541. The first-order valence-electron chi connectivity index (χ1n) is 5.11. The maximum atomic E-state index is 5.87. The van der Waals surface area contributed by atoms with Gasteiger partial charge in [0.25, 0.3) is 0 Å². The minimum absolute atomic E-state index is 0.541. The summed E-state index contributed by atoms with van der Waals surface area (Å²) in [5.41, 5.74) is 0.770. The maximum absolute atomic E-state index is 5.87. The third-order valence-corrected chi connectivity index (χ3v) is 2.61. The van der Waals surface area contributed by atoms with Crippen molar-refractivity contribution in [2.75, 3.05) is 25.6 Å². The van der Waals surface area contributed by atoms with Crippen LogP contribution in [0.2, 0.25) is 10.0 Å². The highest BCUT2D eigenvalue weighted by Gasteiger charge is 2.00. The van der Waals surface area contributed by atoms with Gasteiger partial charge in [-0.25, -0.2) is 0 Å². The Labute approximate surface area is 116 Å². The number of ether oxygens (including phenoxy) is 1. The molecule has 0 aliphatic heterocycles. The molecule has 6 heteroatoms. The Morgan fingerprint density at radius 1 is 1.29 bits per heavy atom. The molecular weight excluding hydrogens is 279 g/mol. The first-order chi connectivity index (χ1) is 8.11. The van der Waals surface area contributed by atoms with E-state index < -0.39 is 0 Å². The molecule has 0 amide bonds. The van der Waals surface area contributed by atoms with Crippen LogP contribution in [0.3, 0.4) is 0 Å². The largest absolute Gasteiger partial charge is 0.385 e. The zero-order valence-corrected chi connectivity index (χ0v) is 11.8. The first kappa shape index (κ1) is 14.5. The number of anilines is 1. The number of rotatable bonds is 5. The Morgan fingerprint density at radius 2 is 1.94 bits per heavy atom. The molecule has 94 valence electrons. The van der Waals surface area contributed by atoms with Crippen molar-refractivity contribution in [3.05, 3.63) is 28.2 Å². The third kappa shape index (κ3) is 6.07. The van der Waals surface area contributed by atoms with E-state index in [0.717, 1.165) is 18.7 Å². The fourth-order valence-corrected chi connectivity index (χ4v) is 1.97. The zero-order chi connectivity index (χ0) is 12.7. The quantitative estimate of drug-likeness (QED) is 0.644. The summed E-state index contributed by atoms with van der Waals surface area (Å²) in [6.45, 7) is 1.46. The van der Waals surface area contributed by atoms with Crippen LogP contribution in [0.4, 0.5) is 5.69 Å². The summed E-state index contributed by atoms with van der Waals surface area (Å²) in [5, 5.41) is 7.75. The number of methoxy groups -OCH3 is 1. The van der Waals surface area contributed by atoms with Crippen molar-refractivity contribution >= 4 is 46.2 Å². The van der Waals surface area contributed by atoms with E-state index in [1.54, 1.807) is 25.3 Å². The molecule has 0 unspecified atom stereocenters. The Balaban J connectivity index is 2.39. The van der Waals surface area contributed by atoms with E-state index in [1.807, 2.05) is 0 Å². The summed E-state index contributed by atoms with van der Waals surface area (Å²) in [5.74, 6) is 0. The van der Waals surface area contributed by atoms with Gasteiger partial charge in [0.2, 0.25) is 0 Å². The smallest absolute Gasteiger partial charge is 0.170 e. The fraction of sp³-hybridized carbons (Fsp3) is 0.364. The number of nitrogens with one attached hydrogen (secondary N) is 2. The molecule has 3 nitrogen and oxygen atoms in total. The summed E-state index contributed by atoms with van der Waals surface area (Å²) >= 11 is 16.9. The lowest BCUT2D eigenvalue weighted by molar-refractivity contribution is 0.196. The van der Waals surface area contributed by atoms with Crippen molar-refractivity contribution in [1.82, 2.24) is 5.32 Å². The lowest BCUT2D eigenvalue weighted by Crippen LogP contribution is -2.29. The molecule has 0 heterocycles. The predicted molar refractivity (Wildman–Crippen MR) is 77.2 cm³/mol. The van der Waals surface area contributed by atoms with Gasteiger partial charge in [0.05, 0.1) is 0 Å². The highest BCUT2D eigenvalue weighted by Crippen LogP contribution is 2.22. The zero-order valence-electron chi connectivity index (χ0n) is 9.43. The van der Waals surface area contributed by atoms with Crippen molar-refractivity contribution in [2.24, 2.45) is 0 Å². The van der Waals surface area contributed by atoms with E-state index >= 15 is 0 Å². The van der Waals surface area contributed by atoms with Crippen LogP contribution in [-0.2, 0) is 4.74 Å². The molecule has 0 saturated carbocycles. The standard InChI is InChI=1S/C11H14Cl2N2OS/c1-16-4-2-3-14-11(17)15-10-6-8(12)5-9(13)7-10/h5-7H,2-4H2,1H3,(H2,14,15,17). The molecule has 0 aliphatic rings. The van der Waals surface area contributed by atoms with Crippen LogP contribution >= 0.6 is 35.4 Å². The molecule has 1 aromatic rings. The number of benzene rings is 1. The van der Waals surface area contributed by atoms with Crippen LogP contribution in [0.5, 0.6) is 0 Å². The highest BCUT2D eigenvalue weighted by molar-refractivity contribution is 7.80. The van der Waals surface area contributed by atoms with Crippen molar-refractivity contribution in [1.29, 1.82) is 0 Å². The summed E-state index contributed by atoms with van der Waals surface area (Å²) < 4.78 is 4.93. The van der Waals surface area contributed by atoms with Crippen LogP contribution in [0.15, 0.2) is 18.2 Å². The second kappa shape index (κ2) is 7.71. The summed E-state index contributed by atoms with van der Waals surface area (Å²) in [6, 6.07) is 5.19. The normalized spacial score (nSPS) is 10.1. The van der Waals surface area contributed by atoms with Crippen LogP contribution < -0.4 is 10.6 Å². The Hall–Kier alpha value is -0.550. The number of hydrogen-bond acceptors (Lipinski definition) is 2. The van der Waals surface area contributed by atoms with Crippen LogP contribution in [0, 0.1) is 0 Å². The average molecular weight is 293 g/mol. The summed E-state index contributed by atoms with van der Waals surface area (Å²) in [7, 11) is 1.67. The topological polar surface area (TPSA) is 33.3 Å². The molecule has 0 atom stereocenters. The molecule has 0 spiro atoms. The van der Waals surface area contributed by atoms with E-state index in [-0.39, 0.29) is 0 Å². The van der Waals surface area contributed by atoms with Crippen LogP contribution in [0.25, 0.3) is 0 Å². The molecule has 17 heavy (non-hydrogen) atoms. The molecule has 0 saturated heterocycles. The molecule has 0 radical (unpaired) electrons. The second-order valence-corrected chi connectivity index (χ2v) is 4.67. The van der Waals surface area contributed by atoms with Gasteiger partial charge in [-0.3, -0.25) is 0 Å². The monoisotopic (exact) mass is 292 g/mol. The summed E-state index contributed by atoms with van der Waals surface area (Å²) in [4.78, 5) is 0. The Bertz CT molecular complexity index is 367. The Kier molecular flexibility index (Phi) is 6.58. The van der Waals surface area contributed by atoms with E-state index in [2.05, 4.69) is 10.6 Å². The molecule has 1 aromatic carbocycles.